The molecule has 90 valence electrons. The molecule has 0 saturated carbocycles. The molecule has 2 heteroatoms. The van der Waals surface area contributed by atoms with Crippen LogP contribution in [0.4, 0.5) is 0 Å². The van der Waals surface area contributed by atoms with Gasteiger partial charge in [-0.15, -0.1) is 0 Å². The van der Waals surface area contributed by atoms with Crippen molar-refractivity contribution in [2.45, 2.75) is 19.3 Å². The number of ether oxygens (including phenoxy) is 1. The Bertz CT molecular complexity index is 462. The van der Waals surface area contributed by atoms with Gasteiger partial charge in [0.1, 0.15) is 5.75 Å². The van der Waals surface area contributed by atoms with E-state index in [0.29, 0.717) is 0 Å². The topological polar surface area (TPSA) is 9.23 Å². The number of unbranched alkanes of at least 4 members (excludes halogenated alkanes) is 2. The van der Waals surface area contributed by atoms with E-state index in [0.717, 1.165) is 24.1 Å². The molecule has 1 nitrogen and oxygen atoms in total. The average Bonchev–Trinajstić information content (AvgIpc) is 2.39. The zero-order valence-electron chi connectivity index (χ0n) is 9.86. The van der Waals surface area contributed by atoms with Crippen molar-refractivity contribution in [3.63, 3.8) is 0 Å². The van der Waals surface area contributed by atoms with E-state index in [1.54, 1.807) is 0 Å². The molecule has 0 saturated heterocycles. The van der Waals surface area contributed by atoms with Crippen molar-refractivity contribution in [2.24, 2.45) is 0 Å². The quantitative estimate of drug-likeness (QED) is 0.550. The third-order valence-electron chi connectivity index (χ3n) is 2.79. The smallest absolute Gasteiger partial charge is 0.127 e. The van der Waals surface area contributed by atoms with Crippen molar-refractivity contribution in [1.29, 1.82) is 0 Å². The van der Waals surface area contributed by atoms with Crippen molar-refractivity contribution in [3.8, 4) is 5.75 Å². The van der Waals surface area contributed by atoms with E-state index in [1.807, 2.05) is 6.07 Å². The Morgan fingerprint density at radius 2 is 1.71 bits per heavy atom. The lowest BCUT2D eigenvalue weighted by Crippen LogP contribution is -1.97. The predicted molar refractivity (Wildman–Crippen MR) is 77.1 cm³/mol. The fourth-order valence-corrected chi connectivity index (χ4v) is 2.27. The highest BCUT2D eigenvalue weighted by molar-refractivity contribution is 9.09. The van der Waals surface area contributed by atoms with Gasteiger partial charge in [0.15, 0.2) is 0 Å². The van der Waals surface area contributed by atoms with E-state index in [-0.39, 0.29) is 0 Å². The van der Waals surface area contributed by atoms with Gasteiger partial charge < -0.3 is 4.74 Å². The largest absolute Gasteiger partial charge is 0.493 e. The second-order valence-electron chi connectivity index (χ2n) is 4.08. The SMILES string of the molecule is BrCCCCCOc1cccc2ccccc12. The zero-order valence-corrected chi connectivity index (χ0v) is 11.4. The fraction of sp³-hybridized carbons (Fsp3) is 0.333. The van der Waals surface area contributed by atoms with Gasteiger partial charge in [0.2, 0.25) is 0 Å². The van der Waals surface area contributed by atoms with E-state index in [9.17, 15) is 0 Å². The summed E-state index contributed by atoms with van der Waals surface area (Å²) in [5.74, 6) is 1.00. The molecule has 0 aliphatic heterocycles. The molecule has 2 rings (SSSR count). The summed E-state index contributed by atoms with van der Waals surface area (Å²) in [4.78, 5) is 0. The lowest BCUT2D eigenvalue weighted by atomic mass is 10.1. The lowest BCUT2D eigenvalue weighted by Gasteiger charge is -2.08. The molecule has 0 fully saturated rings. The fourth-order valence-electron chi connectivity index (χ4n) is 1.88. The van der Waals surface area contributed by atoms with Gasteiger partial charge in [-0.1, -0.05) is 52.3 Å². The van der Waals surface area contributed by atoms with Crippen LogP contribution in [0.5, 0.6) is 5.75 Å². The van der Waals surface area contributed by atoms with Crippen LogP contribution in [0.1, 0.15) is 19.3 Å². The highest BCUT2D eigenvalue weighted by Crippen LogP contribution is 2.25. The summed E-state index contributed by atoms with van der Waals surface area (Å²) in [5, 5.41) is 3.53. The van der Waals surface area contributed by atoms with Crippen molar-refractivity contribution in [2.75, 3.05) is 11.9 Å². The maximum Gasteiger partial charge on any atom is 0.127 e. The minimum atomic E-state index is 0.807. The van der Waals surface area contributed by atoms with Crippen LogP contribution in [0.3, 0.4) is 0 Å². The maximum atomic E-state index is 5.85. The molecule has 0 unspecified atom stereocenters. The molecule has 0 heterocycles. The summed E-state index contributed by atoms with van der Waals surface area (Å²) < 4.78 is 5.85. The van der Waals surface area contributed by atoms with Crippen LogP contribution in [-0.2, 0) is 0 Å². The van der Waals surface area contributed by atoms with Crippen molar-refractivity contribution >= 4 is 26.7 Å². The van der Waals surface area contributed by atoms with Crippen molar-refractivity contribution in [1.82, 2.24) is 0 Å². The monoisotopic (exact) mass is 292 g/mol. The number of hydrogen-bond donors (Lipinski definition) is 0. The Kier molecular flexibility index (Phi) is 4.87. The first-order chi connectivity index (χ1) is 8.42. The third-order valence-corrected chi connectivity index (χ3v) is 3.35. The molecule has 2 aromatic rings. The van der Waals surface area contributed by atoms with Crippen LogP contribution in [-0.4, -0.2) is 11.9 Å². The molecule has 2 aromatic carbocycles. The molecule has 0 radical (unpaired) electrons. The van der Waals surface area contributed by atoms with Crippen LogP contribution in [0.15, 0.2) is 42.5 Å². The Morgan fingerprint density at radius 3 is 2.59 bits per heavy atom. The predicted octanol–water partition coefficient (Wildman–Crippen LogP) is 4.78. The van der Waals surface area contributed by atoms with Crippen molar-refractivity contribution in [3.05, 3.63) is 42.5 Å². The summed E-state index contributed by atoms with van der Waals surface area (Å²) in [6.45, 7) is 0.807. The first-order valence-corrected chi connectivity index (χ1v) is 7.20. The molecule has 0 spiro atoms. The van der Waals surface area contributed by atoms with E-state index < -0.39 is 0 Å². The number of fused-ring (bicyclic) bond motifs is 1. The first-order valence-electron chi connectivity index (χ1n) is 6.08. The van der Waals surface area contributed by atoms with Gasteiger partial charge in [0, 0.05) is 10.7 Å². The highest BCUT2D eigenvalue weighted by atomic mass is 79.9. The van der Waals surface area contributed by atoms with Gasteiger partial charge in [0.05, 0.1) is 6.61 Å². The third kappa shape index (κ3) is 3.47. The second kappa shape index (κ2) is 6.65. The molecule has 0 N–H and O–H groups in total. The van der Waals surface area contributed by atoms with Gasteiger partial charge in [0.25, 0.3) is 0 Å². The molecule has 17 heavy (non-hydrogen) atoms. The van der Waals surface area contributed by atoms with Gasteiger partial charge in [-0.25, -0.2) is 0 Å². The summed E-state index contributed by atoms with van der Waals surface area (Å²) in [6.07, 6.45) is 3.56. The van der Waals surface area contributed by atoms with Crippen LogP contribution in [0.2, 0.25) is 0 Å². The maximum absolute atomic E-state index is 5.85. The van der Waals surface area contributed by atoms with Crippen LogP contribution < -0.4 is 4.74 Å². The van der Waals surface area contributed by atoms with Gasteiger partial charge in [-0.2, -0.15) is 0 Å². The molecule has 0 aliphatic carbocycles. The molecule has 0 aliphatic rings. The molecule has 0 amide bonds. The Balaban J connectivity index is 1.98. The van der Waals surface area contributed by atoms with Crippen LogP contribution in [0.25, 0.3) is 10.8 Å². The second-order valence-corrected chi connectivity index (χ2v) is 4.87. The standard InChI is InChI=1S/C15H17BrO/c16-11-4-1-5-12-17-15-10-6-8-13-7-2-3-9-14(13)15/h2-3,6-10H,1,4-5,11-12H2. The number of benzene rings is 2. The Labute approximate surface area is 111 Å². The molecular weight excluding hydrogens is 276 g/mol. The lowest BCUT2D eigenvalue weighted by molar-refractivity contribution is 0.310. The van der Waals surface area contributed by atoms with Crippen LogP contribution >= 0.6 is 15.9 Å². The van der Waals surface area contributed by atoms with Gasteiger partial charge in [-0.05, 0) is 30.7 Å². The minimum Gasteiger partial charge on any atom is -0.493 e. The molecule has 0 aromatic heterocycles. The molecular formula is C15H17BrO. The molecule has 0 bridgehead atoms. The zero-order chi connectivity index (χ0) is 11.9. The Morgan fingerprint density at radius 1 is 0.882 bits per heavy atom. The van der Waals surface area contributed by atoms with Gasteiger partial charge in [-0.3, -0.25) is 0 Å². The summed E-state index contributed by atoms with van der Waals surface area (Å²) >= 11 is 3.44. The average molecular weight is 293 g/mol. The summed E-state index contributed by atoms with van der Waals surface area (Å²) in [5.41, 5.74) is 0. The van der Waals surface area contributed by atoms with Gasteiger partial charge >= 0.3 is 0 Å². The van der Waals surface area contributed by atoms with E-state index in [2.05, 4.69) is 52.3 Å². The number of hydrogen-bond acceptors (Lipinski definition) is 1. The first kappa shape index (κ1) is 12.4. The minimum absolute atomic E-state index is 0.807. The molecule has 0 atom stereocenters. The van der Waals surface area contributed by atoms with E-state index in [1.165, 1.54) is 23.6 Å². The summed E-state index contributed by atoms with van der Waals surface area (Å²) in [7, 11) is 0. The Hall–Kier alpha value is -1.02. The normalized spacial score (nSPS) is 10.6. The van der Waals surface area contributed by atoms with E-state index in [4.69, 9.17) is 4.74 Å². The number of alkyl halides is 1. The number of rotatable bonds is 6. The highest BCUT2D eigenvalue weighted by Gasteiger charge is 2.00. The number of halogens is 1. The van der Waals surface area contributed by atoms with E-state index >= 15 is 0 Å². The van der Waals surface area contributed by atoms with Crippen LogP contribution in [0, 0.1) is 0 Å². The summed E-state index contributed by atoms with van der Waals surface area (Å²) in [6, 6.07) is 14.6. The van der Waals surface area contributed by atoms with Crippen molar-refractivity contribution < 1.29 is 4.74 Å².